The molecule has 0 aliphatic rings. The van der Waals surface area contributed by atoms with Crippen molar-refractivity contribution >= 4 is 41.4 Å². The summed E-state index contributed by atoms with van der Waals surface area (Å²) in [5.74, 6) is -1.10. The summed E-state index contributed by atoms with van der Waals surface area (Å²) in [4.78, 5) is 24.2. The van der Waals surface area contributed by atoms with Crippen LogP contribution < -0.4 is 5.32 Å². The van der Waals surface area contributed by atoms with Gasteiger partial charge in [-0.25, -0.2) is 4.79 Å². The number of carbonyl (C=O) groups excluding carboxylic acids is 2. The molecule has 0 spiro atoms. The molecule has 0 radical (unpaired) electrons. The SMILES string of the molecule is COC(=O)c1cccc(NC(=O)Cn2c(-c3ccc(Cl)cc3)n[nH]c2=S)c1O. The number of hydrogen-bond acceptors (Lipinski definition) is 6. The minimum Gasteiger partial charge on any atom is -0.505 e. The van der Waals surface area contributed by atoms with Gasteiger partial charge in [0.15, 0.2) is 16.3 Å². The van der Waals surface area contributed by atoms with Crippen LogP contribution in [0.1, 0.15) is 10.4 Å². The zero-order chi connectivity index (χ0) is 20.3. The predicted molar refractivity (Wildman–Crippen MR) is 106 cm³/mol. The van der Waals surface area contributed by atoms with Gasteiger partial charge in [0.2, 0.25) is 5.91 Å². The van der Waals surface area contributed by atoms with Crippen molar-refractivity contribution in [2.24, 2.45) is 0 Å². The van der Waals surface area contributed by atoms with Gasteiger partial charge in [-0.15, -0.1) is 0 Å². The van der Waals surface area contributed by atoms with E-state index >= 15 is 0 Å². The average Bonchev–Trinajstić information content (AvgIpc) is 3.04. The molecule has 1 aromatic heterocycles. The number of hydrogen-bond donors (Lipinski definition) is 3. The molecule has 0 aliphatic carbocycles. The van der Waals surface area contributed by atoms with E-state index in [1.165, 1.54) is 29.9 Å². The van der Waals surface area contributed by atoms with Crippen LogP contribution in [-0.2, 0) is 16.1 Å². The number of H-pyrrole nitrogens is 1. The van der Waals surface area contributed by atoms with Crippen molar-refractivity contribution in [1.82, 2.24) is 14.8 Å². The number of nitrogens with zero attached hydrogens (tertiary/aromatic N) is 2. The summed E-state index contributed by atoms with van der Waals surface area (Å²) in [5, 5.41) is 20.1. The minimum atomic E-state index is -0.712. The lowest BCUT2D eigenvalue weighted by Crippen LogP contribution is -2.20. The molecule has 144 valence electrons. The third-order valence-electron chi connectivity index (χ3n) is 3.88. The van der Waals surface area contributed by atoms with Crippen molar-refractivity contribution in [3.05, 3.63) is 57.8 Å². The lowest BCUT2D eigenvalue weighted by atomic mass is 10.1. The summed E-state index contributed by atoms with van der Waals surface area (Å²) >= 11 is 11.1. The maximum Gasteiger partial charge on any atom is 0.341 e. The predicted octanol–water partition coefficient (Wildman–Crippen LogP) is 3.39. The Labute approximate surface area is 169 Å². The standard InChI is InChI=1S/C18H15ClN4O4S/c1-27-17(26)12-3-2-4-13(15(12)25)20-14(24)9-23-16(21-22-18(23)28)10-5-7-11(19)8-6-10/h2-8,25H,9H2,1H3,(H,20,24)(H,22,28). The van der Waals surface area contributed by atoms with E-state index in [0.717, 1.165) is 5.56 Å². The molecule has 8 nitrogen and oxygen atoms in total. The first-order chi connectivity index (χ1) is 13.4. The Morgan fingerprint density at radius 3 is 2.68 bits per heavy atom. The second-order valence-corrected chi connectivity index (χ2v) is 6.51. The van der Waals surface area contributed by atoms with Crippen LogP contribution in [0, 0.1) is 4.77 Å². The van der Waals surface area contributed by atoms with Gasteiger partial charge in [-0.1, -0.05) is 17.7 Å². The van der Waals surface area contributed by atoms with Crippen LogP contribution in [0.25, 0.3) is 11.4 Å². The van der Waals surface area contributed by atoms with E-state index in [9.17, 15) is 14.7 Å². The van der Waals surface area contributed by atoms with Crippen LogP contribution in [0.4, 0.5) is 5.69 Å². The first-order valence-corrected chi connectivity index (χ1v) is 8.80. The van der Waals surface area contributed by atoms with Gasteiger partial charge in [-0.05, 0) is 48.6 Å². The summed E-state index contributed by atoms with van der Waals surface area (Å²) in [6.07, 6.45) is 0. The Bertz CT molecular complexity index is 1090. The molecule has 2 aromatic carbocycles. The topological polar surface area (TPSA) is 109 Å². The zero-order valence-corrected chi connectivity index (χ0v) is 16.2. The van der Waals surface area contributed by atoms with Crippen LogP contribution in [0.2, 0.25) is 5.02 Å². The molecular formula is C18H15ClN4O4S. The van der Waals surface area contributed by atoms with Gasteiger partial charge in [-0.2, -0.15) is 5.10 Å². The molecule has 1 heterocycles. The molecule has 28 heavy (non-hydrogen) atoms. The lowest BCUT2D eigenvalue weighted by Gasteiger charge is -2.11. The summed E-state index contributed by atoms with van der Waals surface area (Å²) in [6, 6.07) is 11.3. The number of aromatic hydroxyl groups is 1. The molecule has 0 saturated carbocycles. The van der Waals surface area contributed by atoms with Crippen molar-refractivity contribution in [1.29, 1.82) is 0 Å². The van der Waals surface area contributed by atoms with Gasteiger partial charge in [0.25, 0.3) is 0 Å². The van der Waals surface area contributed by atoms with Crippen LogP contribution in [-0.4, -0.2) is 38.9 Å². The average molecular weight is 419 g/mol. The Hall–Kier alpha value is -3.17. The third kappa shape index (κ3) is 4.05. The van der Waals surface area contributed by atoms with Crippen LogP contribution >= 0.6 is 23.8 Å². The number of aromatic nitrogens is 3. The molecule has 0 fully saturated rings. The first-order valence-electron chi connectivity index (χ1n) is 8.02. The Kier molecular flexibility index (Phi) is 5.76. The van der Waals surface area contributed by atoms with Crippen molar-refractivity contribution in [2.75, 3.05) is 12.4 Å². The normalized spacial score (nSPS) is 10.5. The Morgan fingerprint density at radius 2 is 2.00 bits per heavy atom. The van der Waals surface area contributed by atoms with Gasteiger partial charge in [0, 0.05) is 10.6 Å². The number of carbonyl (C=O) groups is 2. The van der Waals surface area contributed by atoms with E-state index < -0.39 is 11.9 Å². The second-order valence-electron chi connectivity index (χ2n) is 5.69. The van der Waals surface area contributed by atoms with Gasteiger partial charge in [0.1, 0.15) is 12.1 Å². The fraction of sp³-hybridized carbons (Fsp3) is 0.111. The number of nitrogens with one attached hydrogen (secondary N) is 2. The van der Waals surface area contributed by atoms with E-state index in [1.54, 1.807) is 24.3 Å². The highest BCUT2D eigenvalue weighted by atomic mass is 35.5. The molecule has 0 bridgehead atoms. The number of rotatable bonds is 5. The molecule has 0 atom stereocenters. The molecule has 3 aromatic rings. The van der Waals surface area contributed by atoms with E-state index in [-0.39, 0.29) is 28.3 Å². The zero-order valence-electron chi connectivity index (χ0n) is 14.6. The fourth-order valence-electron chi connectivity index (χ4n) is 2.54. The first kappa shape index (κ1) is 19.6. The highest BCUT2D eigenvalue weighted by Crippen LogP contribution is 2.28. The third-order valence-corrected chi connectivity index (χ3v) is 4.44. The highest BCUT2D eigenvalue weighted by molar-refractivity contribution is 7.71. The maximum absolute atomic E-state index is 12.5. The molecule has 3 N–H and O–H groups in total. The van der Waals surface area contributed by atoms with E-state index in [2.05, 4.69) is 20.3 Å². The highest BCUT2D eigenvalue weighted by Gasteiger charge is 2.17. The quantitative estimate of drug-likeness (QED) is 0.333. The van der Waals surface area contributed by atoms with Crippen molar-refractivity contribution < 1.29 is 19.4 Å². The van der Waals surface area contributed by atoms with Crippen LogP contribution in [0.15, 0.2) is 42.5 Å². The van der Waals surface area contributed by atoms with Crippen LogP contribution in [0.5, 0.6) is 5.75 Å². The molecule has 3 rings (SSSR count). The molecule has 10 heteroatoms. The molecular weight excluding hydrogens is 404 g/mol. The maximum atomic E-state index is 12.5. The van der Waals surface area contributed by atoms with Crippen molar-refractivity contribution in [3.63, 3.8) is 0 Å². The molecule has 1 amide bonds. The van der Waals surface area contributed by atoms with E-state index in [0.29, 0.717) is 10.8 Å². The number of aromatic amines is 1. The summed E-state index contributed by atoms with van der Waals surface area (Å²) in [7, 11) is 1.20. The number of halogens is 1. The number of methoxy groups -OCH3 is 1. The van der Waals surface area contributed by atoms with Crippen molar-refractivity contribution in [2.45, 2.75) is 6.54 Å². The van der Waals surface area contributed by atoms with Gasteiger partial charge in [-0.3, -0.25) is 14.5 Å². The molecule has 0 aliphatic heterocycles. The number of amides is 1. The second kappa shape index (κ2) is 8.24. The largest absolute Gasteiger partial charge is 0.505 e. The van der Waals surface area contributed by atoms with E-state index in [1.807, 2.05) is 0 Å². The summed E-state index contributed by atoms with van der Waals surface area (Å²) in [6.45, 7) is -0.158. The number of phenolic OH excluding ortho intramolecular Hbond substituents is 1. The number of esters is 1. The van der Waals surface area contributed by atoms with Crippen LogP contribution in [0.3, 0.4) is 0 Å². The van der Waals surface area contributed by atoms with Gasteiger partial charge < -0.3 is 15.2 Å². The Balaban J connectivity index is 1.84. The van der Waals surface area contributed by atoms with Gasteiger partial charge in [0.05, 0.1) is 12.8 Å². The number of para-hydroxylation sites is 1. The summed E-state index contributed by atoms with van der Waals surface area (Å²) in [5.41, 5.74) is 0.748. The number of ether oxygens (including phenoxy) is 1. The number of phenols is 1. The monoisotopic (exact) mass is 418 g/mol. The smallest absolute Gasteiger partial charge is 0.341 e. The number of benzene rings is 2. The minimum absolute atomic E-state index is 0.0536. The molecule has 0 unspecified atom stereocenters. The Morgan fingerprint density at radius 1 is 1.29 bits per heavy atom. The summed E-state index contributed by atoms with van der Waals surface area (Å²) < 4.78 is 6.37. The lowest BCUT2D eigenvalue weighted by molar-refractivity contribution is -0.116. The fourth-order valence-corrected chi connectivity index (χ4v) is 2.86. The van der Waals surface area contributed by atoms with Crippen molar-refractivity contribution in [3.8, 4) is 17.1 Å². The van der Waals surface area contributed by atoms with E-state index in [4.69, 9.17) is 23.8 Å². The number of anilines is 1. The van der Waals surface area contributed by atoms with Gasteiger partial charge >= 0.3 is 5.97 Å². The molecule has 0 saturated heterocycles.